The number of imidazole rings is 1. The number of aromatic amines is 2. The van der Waals surface area contributed by atoms with Crippen LogP contribution < -0.4 is 11.3 Å². The van der Waals surface area contributed by atoms with Crippen molar-refractivity contribution in [1.82, 2.24) is 24.9 Å². The number of thiazole rings is 1. The van der Waals surface area contributed by atoms with Gasteiger partial charge in [-0.25, -0.2) is 9.97 Å². The predicted molar refractivity (Wildman–Crippen MR) is 60.0 cm³/mol. The van der Waals surface area contributed by atoms with Gasteiger partial charge in [0.25, 0.3) is 5.56 Å². The molecule has 0 aliphatic carbocycles. The van der Waals surface area contributed by atoms with Crippen molar-refractivity contribution in [2.75, 3.05) is 5.73 Å². The van der Waals surface area contributed by atoms with E-state index in [4.69, 9.17) is 5.73 Å². The fourth-order valence-corrected chi connectivity index (χ4v) is 1.91. The minimum atomic E-state index is -0.337. The van der Waals surface area contributed by atoms with Gasteiger partial charge in [-0.2, -0.15) is 4.98 Å². The van der Waals surface area contributed by atoms with Crippen molar-refractivity contribution in [1.29, 1.82) is 0 Å². The van der Waals surface area contributed by atoms with Crippen LogP contribution in [-0.2, 0) is 0 Å². The molecule has 3 aromatic heterocycles. The standard InChI is InChI=1S/C8H6N6OS/c9-8-13-6-4(7(15)14-8)11-5(12-6)3-1-16-2-10-3/h1-2H,(H4,9,11,12,13,14,15). The number of rotatable bonds is 1. The molecular weight excluding hydrogens is 228 g/mol. The second-order valence-electron chi connectivity index (χ2n) is 3.11. The summed E-state index contributed by atoms with van der Waals surface area (Å²) in [4.78, 5) is 28.9. The number of anilines is 1. The van der Waals surface area contributed by atoms with Gasteiger partial charge in [-0.05, 0) is 0 Å². The Morgan fingerprint density at radius 1 is 1.31 bits per heavy atom. The molecule has 0 saturated heterocycles. The summed E-state index contributed by atoms with van der Waals surface area (Å²) in [5, 5.41) is 1.83. The van der Waals surface area contributed by atoms with Crippen LogP contribution in [0.1, 0.15) is 0 Å². The first-order valence-electron chi connectivity index (χ1n) is 4.38. The van der Waals surface area contributed by atoms with Crippen LogP contribution >= 0.6 is 11.3 Å². The molecule has 0 fully saturated rings. The van der Waals surface area contributed by atoms with Crippen molar-refractivity contribution in [2.45, 2.75) is 0 Å². The maximum Gasteiger partial charge on any atom is 0.278 e. The molecule has 0 aliphatic rings. The SMILES string of the molecule is Nc1nc2nc(-c3cscn3)[nH]c2c(=O)[nH]1. The Balaban J connectivity index is 2.31. The molecule has 4 N–H and O–H groups in total. The van der Waals surface area contributed by atoms with E-state index in [0.717, 1.165) is 0 Å². The number of nitrogens with zero attached hydrogens (tertiary/aromatic N) is 3. The zero-order chi connectivity index (χ0) is 11.1. The molecule has 7 nitrogen and oxygen atoms in total. The van der Waals surface area contributed by atoms with Gasteiger partial charge in [-0.15, -0.1) is 11.3 Å². The van der Waals surface area contributed by atoms with Crippen LogP contribution in [0.4, 0.5) is 5.95 Å². The van der Waals surface area contributed by atoms with Gasteiger partial charge in [-0.3, -0.25) is 9.78 Å². The first kappa shape index (κ1) is 9.04. The molecule has 3 heterocycles. The fraction of sp³-hybridized carbons (Fsp3) is 0. The Labute approximate surface area is 92.4 Å². The maximum atomic E-state index is 11.5. The van der Waals surface area contributed by atoms with Crippen molar-refractivity contribution >= 4 is 28.4 Å². The van der Waals surface area contributed by atoms with E-state index < -0.39 is 0 Å². The molecule has 3 rings (SSSR count). The highest BCUT2D eigenvalue weighted by molar-refractivity contribution is 7.07. The molecule has 8 heteroatoms. The summed E-state index contributed by atoms with van der Waals surface area (Å²) in [7, 11) is 0. The quantitative estimate of drug-likeness (QED) is 0.562. The number of nitrogens with one attached hydrogen (secondary N) is 2. The number of fused-ring (bicyclic) bond motifs is 1. The van der Waals surface area contributed by atoms with E-state index in [9.17, 15) is 4.79 Å². The molecule has 0 aromatic carbocycles. The van der Waals surface area contributed by atoms with Crippen molar-refractivity contribution in [3.05, 3.63) is 21.2 Å². The molecule has 0 bridgehead atoms. The van der Waals surface area contributed by atoms with Gasteiger partial charge in [0.2, 0.25) is 5.95 Å². The van der Waals surface area contributed by atoms with Gasteiger partial charge >= 0.3 is 0 Å². The Morgan fingerprint density at radius 2 is 2.19 bits per heavy atom. The van der Waals surface area contributed by atoms with E-state index in [-0.39, 0.29) is 11.5 Å². The number of H-pyrrole nitrogens is 2. The molecule has 0 spiro atoms. The monoisotopic (exact) mass is 234 g/mol. The van der Waals surface area contributed by atoms with Crippen molar-refractivity contribution < 1.29 is 0 Å². The Hall–Kier alpha value is -2.22. The first-order valence-corrected chi connectivity index (χ1v) is 5.32. The lowest BCUT2D eigenvalue weighted by Gasteiger charge is -1.89. The number of nitrogens with two attached hydrogens (primary N) is 1. The lowest BCUT2D eigenvalue weighted by Crippen LogP contribution is -2.10. The second kappa shape index (κ2) is 3.14. The van der Waals surface area contributed by atoms with Gasteiger partial charge in [0.05, 0.1) is 5.51 Å². The summed E-state index contributed by atoms with van der Waals surface area (Å²) in [6.45, 7) is 0. The highest BCUT2D eigenvalue weighted by Crippen LogP contribution is 2.17. The van der Waals surface area contributed by atoms with Gasteiger partial charge in [-0.1, -0.05) is 0 Å². The normalized spacial score (nSPS) is 11.0. The highest BCUT2D eigenvalue weighted by atomic mass is 32.1. The molecule has 0 unspecified atom stereocenters. The topological polar surface area (TPSA) is 113 Å². The van der Waals surface area contributed by atoms with Crippen LogP contribution in [0.3, 0.4) is 0 Å². The average molecular weight is 234 g/mol. The lowest BCUT2D eigenvalue weighted by atomic mass is 10.5. The number of nitrogen functional groups attached to an aromatic ring is 1. The van der Waals surface area contributed by atoms with Gasteiger partial charge in [0.1, 0.15) is 5.69 Å². The molecule has 0 atom stereocenters. The second-order valence-corrected chi connectivity index (χ2v) is 3.83. The molecule has 0 amide bonds. The fourth-order valence-electron chi connectivity index (χ4n) is 1.37. The maximum absolute atomic E-state index is 11.5. The summed E-state index contributed by atoms with van der Waals surface area (Å²) >= 11 is 1.45. The van der Waals surface area contributed by atoms with Crippen LogP contribution in [0.25, 0.3) is 22.7 Å². The number of hydrogen-bond acceptors (Lipinski definition) is 6. The Kier molecular flexibility index (Phi) is 1.77. The molecule has 0 saturated carbocycles. The smallest absolute Gasteiger partial charge is 0.278 e. The average Bonchev–Trinajstić information content (AvgIpc) is 2.82. The largest absolute Gasteiger partial charge is 0.369 e. The molecule has 16 heavy (non-hydrogen) atoms. The highest BCUT2D eigenvalue weighted by Gasteiger charge is 2.10. The molecular formula is C8H6N6OS. The Bertz CT molecular complexity index is 697. The summed E-state index contributed by atoms with van der Waals surface area (Å²) < 4.78 is 0. The van der Waals surface area contributed by atoms with E-state index in [1.807, 2.05) is 5.38 Å². The van der Waals surface area contributed by atoms with Crippen LogP contribution in [0.15, 0.2) is 15.7 Å². The number of aromatic nitrogens is 5. The third-order valence-electron chi connectivity index (χ3n) is 2.05. The molecule has 0 radical (unpaired) electrons. The predicted octanol–water partition coefficient (Wildman–Crippen LogP) is 0.352. The zero-order valence-corrected chi connectivity index (χ0v) is 8.71. The van der Waals surface area contributed by atoms with E-state index in [2.05, 4.69) is 24.9 Å². The van der Waals surface area contributed by atoms with E-state index >= 15 is 0 Å². The van der Waals surface area contributed by atoms with Gasteiger partial charge in [0.15, 0.2) is 17.0 Å². The minimum Gasteiger partial charge on any atom is -0.369 e. The van der Waals surface area contributed by atoms with Gasteiger partial charge < -0.3 is 10.7 Å². The Morgan fingerprint density at radius 3 is 2.94 bits per heavy atom. The third-order valence-corrected chi connectivity index (χ3v) is 2.64. The van der Waals surface area contributed by atoms with Crippen molar-refractivity contribution in [3.63, 3.8) is 0 Å². The molecule has 3 aromatic rings. The number of hydrogen-bond donors (Lipinski definition) is 3. The van der Waals surface area contributed by atoms with Crippen LogP contribution in [0.5, 0.6) is 0 Å². The van der Waals surface area contributed by atoms with Crippen molar-refractivity contribution in [2.24, 2.45) is 0 Å². The van der Waals surface area contributed by atoms with Crippen LogP contribution in [0, 0.1) is 0 Å². The lowest BCUT2D eigenvalue weighted by molar-refractivity contribution is 1.17. The minimum absolute atomic E-state index is 0.0498. The van der Waals surface area contributed by atoms with Crippen molar-refractivity contribution in [3.8, 4) is 11.5 Å². The van der Waals surface area contributed by atoms with E-state index in [1.165, 1.54) is 11.3 Å². The van der Waals surface area contributed by atoms with Crippen LogP contribution in [-0.4, -0.2) is 24.9 Å². The summed E-state index contributed by atoms with van der Waals surface area (Å²) in [5.41, 5.74) is 8.05. The van der Waals surface area contributed by atoms with Crippen LogP contribution in [0.2, 0.25) is 0 Å². The summed E-state index contributed by atoms with van der Waals surface area (Å²) in [6.07, 6.45) is 0. The first-order chi connectivity index (χ1) is 7.74. The molecule has 80 valence electrons. The van der Waals surface area contributed by atoms with E-state index in [1.54, 1.807) is 5.51 Å². The molecule has 0 aliphatic heterocycles. The van der Waals surface area contributed by atoms with Gasteiger partial charge in [0, 0.05) is 5.38 Å². The summed E-state index contributed by atoms with van der Waals surface area (Å²) in [5.74, 6) is 0.564. The zero-order valence-electron chi connectivity index (χ0n) is 7.89. The summed E-state index contributed by atoms with van der Waals surface area (Å²) in [6, 6.07) is 0. The van der Waals surface area contributed by atoms with E-state index in [0.29, 0.717) is 22.7 Å². The third kappa shape index (κ3) is 1.27.